The fourth-order valence-electron chi connectivity index (χ4n) is 2.52. The number of halogens is 1. The molecule has 1 amide bonds. The number of benzene rings is 1. The first-order valence-corrected chi connectivity index (χ1v) is 7.66. The Hall–Kier alpha value is -1.76. The van der Waals surface area contributed by atoms with E-state index in [9.17, 15) is 14.7 Å². The summed E-state index contributed by atoms with van der Waals surface area (Å²) >= 11 is 3.35. The van der Waals surface area contributed by atoms with E-state index in [-0.39, 0.29) is 12.3 Å². The molecule has 6 nitrogen and oxygen atoms in total. The molecule has 0 spiro atoms. The second kappa shape index (κ2) is 6.56. The molecule has 0 radical (unpaired) electrons. The highest BCUT2D eigenvalue weighted by Crippen LogP contribution is 2.44. The smallest absolute Gasteiger partial charge is 0.310 e. The van der Waals surface area contributed by atoms with Crippen molar-refractivity contribution in [2.45, 2.75) is 25.7 Å². The number of carboxylic acids is 1. The molecular formula is C15H18BrNO5. The molecule has 1 saturated carbocycles. The summed E-state index contributed by atoms with van der Waals surface area (Å²) in [6.45, 7) is 0. The van der Waals surface area contributed by atoms with E-state index >= 15 is 0 Å². The number of carboxylic acid groups (broad SMARTS) is 1. The Balaban J connectivity index is 2.13. The summed E-state index contributed by atoms with van der Waals surface area (Å²) in [6, 6.07) is 3.30. The van der Waals surface area contributed by atoms with Gasteiger partial charge in [0, 0.05) is 24.2 Å². The van der Waals surface area contributed by atoms with Crippen LogP contribution in [0.5, 0.6) is 11.5 Å². The third kappa shape index (κ3) is 3.19. The van der Waals surface area contributed by atoms with Crippen LogP contribution in [0.15, 0.2) is 16.6 Å². The number of carbonyl (C=O) groups is 2. The van der Waals surface area contributed by atoms with Crippen LogP contribution >= 0.6 is 15.9 Å². The number of hydrogen-bond donors (Lipinski definition) is 2. The summed E-state index contributed by atoms with van der Waals surface area (Å²) in [5.74, 6) is -0.189. The average molecular weight is 372 g/mol. The van der Waals surface area contributed by atoms with E-state index in [4.69, 9.17) is 9.47 Å². The maximum Gasteiger partial charge on any atom is 0.310 e. The summed E-state index contributed by atoms with van der Waals surface area (Å²) < 4.78 is 11.1. The lowest BCUT2D eigenvalue weighted by atomic mass is 9.66. The van der Waals surface area contributed by atoms with Gasteiger partial charge in [0.15, 0.2) is 0 Å². The van der Waals surface area contributed by atoms with Crippen LogP contribution in [0.2, 0.25) is 0 Å². The Morgan fingerprint density at radius 2 is 1.82 bits per heavy atom. The van der Waals surface area contributed by atoms with Gasteiger partial charge in [-0.05, 0) is 28.8 Å². The van der Waals surface area contributed by atoms with Gasteiger partial charge in [-0.1, -0.05) is 6.42 Å². The molecule has 0 atom stereocenters. The van der Waals surface area contributed by atoms with Crippen molar-refractivity contribution in [3.05, 3.63) is 16.6 Å². The van der Waals surface area contributed by atoms with Gasteiger partial charge in [0.25, 0.3) is 0 Å². The lowest BCUT2D eigenvalue weighted by Crippen LogP contribution is -2.41. The first-order valence-electron chi connectivity index (χ1n) is 6.86. The summed E-state index contributed by atoms with van der Waals surface area (Å²) in [6.07, 6.45) is 1.91. The van der Waals surface area contributed by atoms with Crippen LogP contribution in [0, 0.1) is 5.41 Å². The number of hydrogen-bond acceptors (Lipinski definition) is 4. The maximum atomic E-state index is 12.1. The number of rotatable bonds is 6. The fraction of sp³-hybridized carbons (Fsp3) is 0.467. The molecular weight excluding hydrogens is 354 g/mol. The summed E-state index contributed by atoms with van der Waals surface area (Å²) in [5.41, 5.74) is -0.407. The number of ether oxygens (including phenoxy) is 2. The normalized spacial score (nSPS) is 15.6. The fourth-order valence-corrected chi connectivity index (χ4v) is 3.08. The van der Waals surface area contributed by atoms with Crippen molar-refractivity contribution >= 4 is 33.5 Å². The third-order valence-corrected chi connectivity index (χ3v) is 4.77. The van der Waals surface area contributed by atoms with Gasteiger partial charge >= 0.3 is 5.97 Å². The number of methoxy groups -OCH3 is 2. The van der Waals surface area contributed by atoms with Crippen LogP contribution in [0.4, 0.5) is 5.69 Å². The number of amides is 1. The van der Waals surface area contributed by atoms with E-state index in [0.717, 1.165) is 6.42 Å². The third-order valence-electron chi connectivity index (χ3n) is 3.99. The molecule has 2 N–H and O–H groups in total. The van der Waals surface area contributed by atoms with Crippen LogP contribution in [0.25, 0.3) is 0 Å². The zero-order chi connectivity index (χ0) is 16.3. The summed E-state index contributed by atoms with van der Waals surface area (Å²) in [4.78, 5) is 23.5. The van der Waals surface area contributed by atoms with Gasteiger partial charge in [-0.3, -0.25) is 9.59 Å². The molecule has 1 fully saturated rings. The summed E-state index contributed by atoms with van der Waals surface area (Å²) in [5, 5.41) is 12.0. The van der Waals surface area contributed by atoms with Crippen LogP contribution in [0.1, 0.15) is 25.7 Å². The molecule has 0 unspecified atom stereocenters. The molecule has 0 saturated heterocycles. The molecule has 22 heavy (non-hydrogen) atoms. The van der Waals surface area contributed by atoms with Crippen molar-refractivity contribution < 1.29 is 24.2 Å². The Labute approximate surface area is 136 Å². The molecule has 1 aliphatic carbocycles. The number of aliphatic carboxylic acids is 1. The van der Waals surface area contributed by atoms with Crippen molar-refractivity contribution in [2.75, 3.05) is 19.5 Å². The minimum absolute atomic E-state index is 0.0248. The van der Waals surface area contributed by atoms with Crippen molar-refractivity contribution in [2.24, 2.45) is 5.41 Å². The highest BCUT2D eigenvalue weighted by molar-refractivity contribution is 9.10. The molecule has 1 aliphatic rings. The van der Waals surface area contributed by atoms with Gasteiger partial charge < -0.3 is 19.9 Å². The van der Waals surface area contributed by atoms with Crippen molar-refractivity contribution in [3.63, 3.8) is 0 Å². The van der Waals surface area contributed by atoms with E-state index in [1.165, 1.54) is 14.2 Å². The highest BCUT2D eigenvalue weighted by Gasteiger charge is 2.45. The minimum atomic E-state index is -0.909. The number of carbonyl (C=O) groups excluding carboxylic acids is 1. The monoisotopic (exact) mass is 371 g/mol. The quantitative estimate of drug-likeness (QED) is 0.802. The van der Waals surface area contributed by atoms with E-state index < -0.39 is 11.4 Å². The molecule has 0 aromatic heterocycles. The minimum Gasteiger partial charge on any atom is -0.495 e. The van der Waals surface area contributed by atoms with Crippen molar-refractivity contribution in [3.8, 4) is 11.5 Å². The molecule has 1 aromatic carbocycles. The SMILES string of the molecule is COc1cc(NC(=O)CC2(C(=O)O)CCC2)cc(OC)c1Br. The van der Waals surface area contributed by atoms with Gasteiger partial charge in [-0.25, -0.2) is 0 Å². The first-order chi connectivity index (χ1) is 10.4. The van der Waals surface area contributed by atoms with Crippen LogP contribution in [-0.4, -0.2) is 31.2 Å². The lowest BCUT2D eigenvalue weighted by molar-refractivity contribution is -0.157. The number of nitrogens with one attached hydrogen (secondary N) is 1. The standard InChI is InChI=1S/C15H18BrNO5/c1-21-10-6-9(7-11(22-2)13(10)16)17-12(18)8-15(14(19)20)4-3-5-15/h6-7H,3-5,8H2,1-2H3,(H,17,18)(H,19,20). The predicted molar refractivity (Wildman–Crippen MR) is 84.4 cm³/mol. The van der Waals surface area contributed by atoms with Gasteiger partial charge in [-0.2, -0.15) is 0 Å². The molecule has 0 aliphatic heterocycles. The topological polar surface area (TPSA) is 84.9 Å². The van der Waals surface area contributed by atoms with Crippen LogP contribution in [-0.2, 0) is 9.59 Å². The predicted octanol–water partition coefficient (Wildman–Crippen LogP) is 3.05. The lowest BCUT2D eigenvalue weighted by Gasteiger charge is -2.36. The van der Waals surface area contributed by atoms with Gasteiger partial charge in [0.05, 0.1) is 19.6 Å². The van der Waals surface area contributed by atoms with Crippen LogP contribution < -0.4 is 14.8 Å². The van der Waals surface area contributed by atoms with Crippen molar-refractivity contribution in [1.29, 1.82) is 0 Å². The molecule has 0 bridgehead atoms. The first kappa shape index (κ1) is 16.6. The summed E-state index contributed by atoms with van der Waals surface area (Å²) in [7, 11) is 3.03. The van der Waals surface area contributed by atoms with Crippen LogP contribution in [0.3, 0.4) is 0 Å². The Kier molecular flexibility index (Phi) is 4.95. The second-order valence-corrected chi connectivity index (χ2v) is 6.15. The Bertz CT molecular complexity index is 573. The molecule has 0 heterocycles. The average Bonchev–Trinajstić information content (AvgIpc) is 2.44. The number of anilines is 1. The largest absolute Gasteiger partial charge is 0.495 e. The highest BCUT2D eigenvalue weighted by atomic mass is 79.9. The Morgan fingerprint density at radius 3 is 2.18 bits per heavy atom. The van der Waals surface area contributed by atoms with Crippen molar-refractivity contribution in [1.82, 2.24) is 0 Å². The molecule has 2 rings (SSSR count). The van der Waals surface area contributed by atoms with Gasteiger partial charge in [0.1, 0.15) is 16.0 Å². The molecule has 120 valence electrons. The molecule has 7 heteroatoms. The van der Waals surface area contributed by atoms with E-state index in [1.54, 1.807) is 12.1 Å². The second-order valence-electron chi connectivity index (χ2n) is 5.36. The molecule has 1 aromatic rings. The zero-order valence-electron chi connectivity index (χ0n) is 12.4. The van der Waals surface area contributed by atoms with E-state index in [2.05, 4.69) is 21.2 Å². The Morgan fingerprint density at radius 1 is 1.27 bits per heavy atom. The zero-order valence-corrected chi connectivity index (χ0v) is 14.0. The van der Waals surface area contributed by atoms with E-state index in [1.807, 2.05) is 0 Å². The van der Waals surface area contributed by atoms with Gasteiger partial charge in [0.2, 0.25) is 5.91 Å². The maximum absolute atomic E-state index is 12.1. The van der Waals surface area contributed by atoms with E-state index in [0.29, 0.717) is 34.5 Å². The van der Waals surface area contributed by atoms with Gasteiger partial charge in [-0.15, -0.1) is 0 Å².